The number of alkyl halides is 6. The fraction of sp³-hybridized carbons (Fsp3) is 0.143. The number of halogens is 7. The summed E-state index contributed by atoms with van der Waals surface area (Å²) in [6.45, 7) is 0. The van der Waals surface area contributed by atoms with Crippen molar-refractivity contribution in [2.24, 2.45) is 0 Å². The van der Waals surface area contributed by atoms with Crippen molar-refractivity contribution in [1.29, 1.82) is 0 Å². The maximum absolute atomic E-state index is 12.9. The molecule has 0 atom stereocenters. The van der Waals surface area contributed by atoms with Gasteiger partial charge in [0.25, 0.3) is 10.0 Å². The van der Waals surface area contributed by atoms with E-state index in [1.807, 2.05) is 0 Å². The molecule has 136 valence electrons. The molecule has 0 aliphatic rings. The number of anilines is 1. The Hall–Kier alpha value is -1.94. The predicted molar refractivity (Wildman–Crippen MR) is 78.7 cm³/mol. The van der Waals surface area contributed by atoms with E-state index >= 15 is 0 Å². The Kier molecular flexibility index (Phi) is 4.97. The summed E-state index contributed by atoms with van der Waals surface area (Å²) in [6.07, 6.45) is -9.78. The smallest absolute Gasteiger partial charge is 0.279 e. The second kappa shape index (κ2) is 6.41. The zero-order valence-electron chi connectivity index (χ0n) is 11.9. The maximum atomic E-state index is 12.9. The molecule has 0 saturated heterocycles. The zero-order chi connectivity index (χ0) is 19.0. The standard InChI is InChI=1S/C14H8ClF6NO2S/c15-11-6-5-8(7-10(11)14(19,20)21)25(23,24)22-12-4-2-1-3-9(12)13(16,17)18/h1-7,22H. The summed E-state index contributed by atoms with van der Waals surface area (Å²) in [5.41, 5.74) is -3.50. The van der Waals surface area contributed by atoms with E-state index < -0.39 is 49.1 Å². The summed E-state index contributed by atoms with van der Waals surface area (Å²) in [5.74, 6) is 0. The van der Waals surface area contributed by atoms with E-state index in [1.165, 1.54) is 0 Å². The van der Waals surface area contributed by atoms with Gasteiger partial charge in [-0.15, -0.1) is 0 Å². The van der Waals surface area contributed by atoms with Crippen LogP contribution in [0.5, 0.6) is 0 Å². The molecule has 0 aromatic heterocycles. The topological polar surface area (TPSA) is 46.2 Å². The number of para-hydroxylation sites is 1. The lowest BCUT2D eigenvalue weighted by Gasteiger charge is -2.15. The van der Waals surface area contributed by atoms with Gasteiger partial charge in [0.05, 0.1) is 26.7 Å². The lowest BCUT2D eigenvalue weighted by molar-refractivity contribution is -0.138. The Morgan fingerprint density at radius 1 is 0.840 bits per heavy atom. The molecular formula is C14H8ClF6NO2S. The van der Waals surface area contributed by atoms with Crippen LogP contribution < -0.4 is 4.72 Å². The first kappa shape index (κ1) is 19.4. The summed E-state index contributed by atoms with van der Waals surface area (Å²) in [6, 6.07) is 5.40. The van der Waals surface area contributed by atoms with E-state index in [0.29, 0.717) is 12.1 Å². The fourth-order valence-electron chi connectivity index (χ4n) is 1.91. The van der Waals surface area contributed by atoms with Crippen LogP contribution in [0.2, 0.25) is 5.02 Å². The van der Waals surface area contributed by atoms with Gasteiger partial charge >= 0.3 is 12.4 Å². The molecule has 3 nitrogen and oxygen atoms in total. The Morgan fingerprint density at radius 3 is 1.96 bits per heavy atom. The van der Waals surface area contributed by atoms with Gasteiger partial charge in [0, 0.05) is 0 Å². The molecule has 0 bridgehead atoms. The number of hydrogen-bond donors (Lipinski definition) is 1. The van der Waals surface area contributed by atoms with Crippen LogP contribution >= 0.6 is 11.6 Å². The molecule has 0 unspecified atom stereocenters. The molecule has 1 N–H and O–H groups in total. The number of rotatable bonds is 3. The molecule has 0 saturated carbocycles. The Bertz CT molecular complexity index is 893. The Morgan fingerprint density at radius 2 is 1.40 bits per heavy atom. The van der Waals surface area contributed by atoms with Gasteiger partial charge < -0.3 is 0 Å². The molecule has 2 aromatic rings. The van der Waals surface area contributed by atoms with Crippen molar-refractivity contribution in [2.45, 2.75) is 17.2 Å². The Balaban J connectivity index is 2.49. The van der Waals surface area contributed by atoms with E-state index in [4.69, 9.17) is 11.6 Å². The highest BCUT2D eigenvalue weighted by Gasteiger charge is 2.36. The number of nitrogens with one attached hydrogen (secondary N) is 1. The van der Waals surface area contributed by atoms with E-state index in [9.17, 15) is 34.8 Å². The summed E-state index contributed by atoms with van der Waals surface area (Å²) >= 11 is 5.39. The summed E-state index contributed by atoms with van der Waals surface area (Å²) in [7, 11) is -4.70. The summed E-state index contributed by atoms with van der Waals surface area (Å²) < 4.78 is 103. The highest BCUT2D eigenvalue weighted by Crippen LogP contribution is 2.38. The minimum Gasteiger partial charge on any atom is -0.279 e. The number of sulfonamides is 1. The molecule has 0 heterocycles. The largest absolute Gasteiger partial charge is 0.418 e. The van der Waals surface area contributed by atoms with Gasteiger partial charge in [-0.25, -0.2) is 8.42 Å². The van der Waals surface area contributed by atoms with E-state index in [1.54, 1.807) is 4.72 Å². The van der Waals surface area contributed by atoms with Gasteiger partial charge in [-0.3, -0.25) is 4.72 Å². The lowest BCUT2D eigenvalue weighted by Crippen LogP contribution is -2.18. The van der Waals surface area contributed by atoms with E-state index in [2.05, 4.69) is 0 Å². The maximum Gasteiger partial charge on any atom is 0.418 e. The van der Waals surface area contributed by atoms with Crippen LogP contribution in [0.4, 0.5) is 32.0 Å². The second-order valence-electron chi connectivity index (χ2n) is 4.79. The van der Waals surface area contributed by atoms with Gasteiger partial charge in [0.1, 0.15) is 0 Å². The highest BCUT2D eigenvalue weighted by molar-refractivity contribution is 7.92. The van der Waals surface area contributed by atoms with Gasteiger partial charge in [-0.1, -0.05) is 23.7 Å². The minimum atomic E-state index is -4.92. The van der Waals surface area contributed by atoms with Crippen LogP contribution in [-0.2, 0) is 22.4 Å². The third-order valence-electron chi connectivity index (χ3n) is 3.03. The highest BCUT2D eigenvalue weighted by atomic mass is 35.5. The van der Waals surface area contributed by atoms with Crippen molar-refractivity contribution in [2.75, 3.05) is 4.72 Å². The molecule has 2 rings (SSSR count). The van der Waals surface area contributed by atoms with Crippen molar-refractivity contribution >= 4 is 27.3 Å². The number of hydrogen-bond acceptors (Lipinski definition) is 2. The molecule has 0 radical (unpaired) electrons. The normalized spacial score (nSPS) is 12.9. The SMILES string of the molecule is O=S(=O)(Nc1ccccc1C(F)(F)F)c1ccc(Cl)c(C(F)(F)F)c1. The first-order chi connectivity index (χ1) is 11.3. The van der Waals surface area contributed by atoms with Crippen LogP contribution in [0.15, 0.2) is 47.4 Å². The van der Waals surface area contributed by atoms with Crippen LogP contribution in [0.3, 0.4) is 0 Å². The number of benzene rings is 2. The molecule has 0 spiro atoms. The third-order valence-corrected chi connectivity index (χ3v) is 4.72. The predicted octanol–water partition coefficient (Wildman–Crippen LogP) is 5.18. The molecule has 0 fully saturated rings. The first-order valence-corrected chi connectivity index (χ1v) is 8.24. The third kappa shape index (κ3) is 4.37. The molecule has 2 aromatic carbocycles. The summed E-state index contributed by atoms with van der Waals surface area (Å²) in [4.78, 5) is -0.874. The molecule has 0 aliphatic heterocycles. The fourth-order valence-corrected chi connectivity index (χ4v) is 3.24. The average Bonchev–Trinajstić information content (AvgIpc) is 2.45. The van der Waals surface area contributed by atoms with Crippen LogP contribution in [0, 0.1) is 0 Å². The first-order valence-electron chi connectivity index (χ1n) is 6.38. The molecule has 0 amide bonds. The van der Waals surface area contributed by atoms with Crippen molar-refractivity contribution < 1.29 is 34.8 Å². The average molecular weight is 404 g/mol. The second-order valence-corrected chi connectivity index (χ2v) is 6.88. The summed E-state index contributed by atoms with van der Waals surface area (Å²) in [5, 5.41) is -0.734. The van der Waals surface area contributed by atoms with Gasteiger partial charge in [-0.05, 0) is 30.3 Å². The molecule has 25 heavy (non-hydrogen) atoms. The van der Waals surface area contributed by atoms with Gasteiger partial charge in [0.15, 0.2) is 0 Å². The van der Waals surface area contributed by atoms with Crippen molar-refractivity contribution in [1.82, 2.24) is 0 Å². The zero-order valence-corrected chi connectivity index (χ0v) is 13.5. The monoisotopic (exact) mass is 403 g/mol. The van der Waals surface area contributed by atoms with Crippen LogP contribution in [0.25, 0.3) is 0 Å². The van der Waals surface area contributed by atoms with Crippen molar-refractivity contribution in [3.8, 4) is 0 Å². The Labute approximate surface area is 143 Å². The van der Waals surface area contributed by atoms with Crippen molar-refractivity contribution in [3.05, 3.63) is 58.6 Å². The van der Waals surface area contributed by atoms with Crippen LogP contribution in [-0.4, -0.2) is 8.42 Å². The van der Waals surface area contributed by atoms with Crippen LogP contribution in [0.1, 0.15) is 11.1 Å². The molecule has 11 heteroatoms. The van der Waals surface area contributed by atoms with Crippen molar-refractivity contribution in [3.63, 3.8) is 0 Å². The minimum absolute atomic E-state index is 0.251. The lowest BCUT2D eigenvalue weighted by atomic mass is 10.2. The van der Waals surface area contributed by atoms with Gasteiger partial charge in [-0.2, -0.15) is 26.3 Å². The molecule has 0 aliphatic carbocycles. The van der Waals surface area contributed by atoms with E-state index in [0.717, 1.165) is 24.3 Å². The quantitative estimate of drug-likeness (QED) is 0.718. The molecular weight excluding hydrogens is 396 g/mol. The van der Waals surface area contributed by atoms with E-state index in [-0.39, 0.29) is 6.07 Å². The van der Waals surface area contributed by atoms with Gasteiger partial charge in [0.2, 0.25) is 0 Å².